The number of carbonyl (C=O) groups excluding carboxylic acids is 2. The first-order valence-corrected chi connectivity index (χ1v) is 8.87. The van der Waals surface area contributed by atoms with Crippen LogP contribution in [0.15, 0.2) is 23.8 Å². The number of aliphatic hydroxyl groups is 1. The number of Topliss-reactive ketones (excluding diaryl/α,β-unsaturated/α-hetero) is 1. The Kier molecular flexibility index (Phi) is 3.83. The third-order valence-corrected chi connectivity index (χ3v) is 6.91. The van der Waals surface area contributed by atoms with E-state index in [0.717, 1.165) is 18.4 Å². The largest absolute Gasteiger partial charge is 0.449 e. The number of hydrogen-bond donors (Lipinski definition) is 1. The number of rotatable bonds is 3. The number of aliphatic hydroxyl groups excluding tert-OH is 1. The van der Waals surface area contributed by atoms with Crippen molar-refractivity contribution in [2.75, 3.05) is 6.61 Å². The summed E-state index contributed by atoms with van der Waals surface area (Å²) in [6, 6.07) is 0. The molecule has 3 rings (SSSR count). The molecule has 4 heteroatoms. The number of ketones is 1. The third-order valence-electron chi connectivity index (χ3n) is 6.91. The van der Waals surface area contributed by atoms with Gasteiger partial charge in [-0.25, -0.2) is 0 Å². The van der Waals surface area contributed by atoms with Crippen molar-refractivity contribution < 1.29 is 19.4 Å². The van der Waals surface area contributed by atoms with Gasteiger partial charge in [0.1, 0.15) is 0 Å². The molecule has 0 aromatic rings. The molecular formula is C20H28O4. The molecular weight excluding hydrogens is 304 g/mol. The molecule has 1 heterocycles. The summed E-state index contributed by atoms with van der Waals surface area (Å²) in [5, 5.41) is 9.73. The maximum absolute atomic E-state index is 12.8. The highest BCUT2D eigenvalue weighted by atomic mass is 16.6. The number of hydrogen-bond acceptors (Lipinski definition) is 4. The minimum atomic E-state index is -1.06. The zero-order chi connectivity index (χ0) is 17.9. The van der Waals surface area contributed by atoms with E-state index in [9.17, 15) is 14.7 Å². The quantitative estimate of drug-likeness (QED) is 0.637. The summed E-state index contributed by atoms with van der Waals surface area (Å²) >= 11 is 0. The average Bonchev–Trinajstić information content (AvgIpc) is 2.87. The number of ether oxygens (including phenoxy) is 1. The summed E-state index contributed by atoms with van der Waals surface area (Å²) < 4.78 is 5.76. The lowest BCUT2D eigenvalue weighted by molar-refractivity contribution is -0.144. The van der Waals surface area contributed by atoms with Gasteiger partial charge in [-0.3, -0.25) is 9.59 Å². The van der Waals surface area contributed by atoms with Gasteiger partial charge in [0.25, 0.3) is 0 Å². The molecule has 2 aliphatic carbocycles. The van der Waals surface area contributed by atoms with Crippen LogP contribution < -0.4 is 0 Å². The van der Waals surface area contributed by atoms with Crippen molar-refractivity contribution in [1.29, 1.82) is 0 Å². The predicted molar refractivity (Wildman–Crippen MR) is 91.1 cm³/mol. The summed E-state index contributed by atoms with van der Waals surface area (Å²) in [6.07, 6.45) is 4.32. The highest BCUT2D eigenvalue weighted by molar-refractivity contribution is 6.00. The van der Waals surface area contributed by atoms with Crippen LogP contribution in [0.3, 0.4) is 0 Å². The minimum Gasteiger partial charge on any atom is -0.449 e. The number of allylic oxidation sites excluding steroid dienone is 1. The monoisotopic (exact) mass is 332 g/mol. The van der Waals surface area contributed by atoms with Crippen LogP contribution in [-0.2, 0) is 14.3 Å². The zero-order valence-electron chi connectivity index (χ0n) is 15.1. The molecule has 0 aromatic heterocycles. The van der Waals surface area contributed by atoms with Crippen LogP contribution in [0, 0.1) is 22.7 Å². The third kappa shape index (κ3) is 2.08. The lowest BCUT2D eigenvalue weighted by Gasteiger charge is -2.39. The van der Waals surface area contributed by atoms with Crippen molar-refractivity contribution in [1.82, 2.24) is 0 Å². The molecule has 1 saturated carbocycles. The molecule has 0 aromatic carbocycles. The van der Waals surface area contributed by atoms with Gasteiger partial charge in [0.05, 0.1) is 13.0 Å². The molecule has 4 atom stereocenters. The van der Waals surface area contributed by atoms with Crippen LogP contribution in [0.4, 0.5) is 0 Å². The Morgan fingerprint density at radius 3 is 2.62 bits per heavy atom. The van der Waals surface area contributed by atoms with Gasteiger partial charge in [-0.2, -0.15) is 0 Å². The van der Waals surface area contributed by atoms with E-state index in [-0.39, 0.29) is 23.8 Å². The van der Waals surface area contributed by atoms with Crippen LogP contribution in [0.2, 0.25) is 0 Å². The summed E-state index contributed by atoms with van der Waals surface area (Å²) in [5.41, 5.74) is -0.490. The Balaban J connectivity index is 2.21. The van der Waals surface area contributed by atoms with E-state index < -0.39 is 11.0 Å². The van der Waals surface area contributed by atoms with Gasteiger partial charge in [-0.1, -0.05) is 34.3 Å². The first-order valence-electron chi connectivity index (χ1n) is 8.87. The van der Waals surface area contributed by atoms with Crippen LogP contribution >= 0.6 is 0 Å². The minimum absolute atomic E-state index is 0.147. The Labute approximate surface area is 144 Å². The van der Waals surface area contributed by atoms with Crippen molar-refractivity contribution >= 4 is 11.8 Å². The second-order valence-electron chi connectivity index (χ2n) is 8.66. The zero-order valence-corrected chi connectivity index (χ0v) is 15.1. The van der Waals surface area contributed by atoms with Crippen molar-refractivity contribution in [3.8, 4) is 0 Å². The number of fused-ring (bicyclic) bond motifs is 2. The van der Waals surface area contributed by atoms with Crippen LogP contribution in [0.25, 0.3) is 0 Å². The fourth-order valence-corrected chi connectivity index (χ4v) is 5.31. The molecule has 0 spiro atoms. The molecule has 132 valence electrons. The Morgan fingerprint density at radius 2 is 2.04 bits per heavy atom. The van der Waals surface area contributed by atoms with Gasteiger partial charge in [-0.15, -0.1) is 0 Å². The molecule has 1 aliphatic heterocycles. The molecule has 0 radical (unpaired) electrons. The van der Waals surface area contributed by atoms with Gasteiger partial charge in [0, 0.05) is 17.4 Å². The molecule has 0 amide bonds. The predicted octanol–water partition coefficient (Wildman–Crippen LogP) is 3.20. The highest BCUT2D eigenvalue weighted by Gasteiger charge is 2.62. The van der Waals surface area contributed by atoms with E-state index in [1.54, 1.807) is 0 Å². The molecule has 1 saturated heterocycles. The first-order chi connectivity index (χ1) is 11.1. The van der Waals surface area contributed by atoms with Crippen LogP contribution in [0.5, 0.6) is 0 Å². The van der Waals surface area contributed by atoms with Gasteiger partial charge in [0.2, 0.25) is 0 Å². The van der Waals surface area contributed by atoms with E-state index in [1.807, 2.05) is 13.0 Å². The molecule has 2 fully saturated rings. The van der Waals surface area contributed by atoms with E-state index in [1.165, 1.54) is 0 Å². The Morgan fingerprint density at radius 1 is 1.38 bits per heavy atom. The molecule has 0 bridgehead atoms. The molecule has 1 N–H and O–H groups in total. The SMILES string of the molecule is C=C(CO)[C@]12C=C3C(=O)C[C@@H](C(C)C)[C@]3(C)CC[C@@]1(C)CC(=O)O2. The van der Waals surface area contributed by atoms with Crippen molar-refractivity contribution in [2.24, 2.45) is 22.7 Å². The van der Waals surface area contributed by atoms with Gasteiger partial charge < -0.3 is 9.84 Å². The Bertz CT molecular complexity index is 646. The van der Waals surface area contributed by atoms with Gasteiger partial charge in [0.15, 0.2) is 11.4 Å². The number of esters is 1. The standard InChI is InChI=1S/C20H28O4/c1-12(2)14-8-16(22)15-9-20(13(3)11-21)18(4,10-17(23)24-20)6-7-19(14,15)5/h9,12,14,21H,3,6-8,10-11H2,1-2,4-5H3/t14-,18-,19-,20+/m0/s1. The summed E-state index contributed by atoms with van der Waals surface area (Å²) in [4.78, 5) is 24.9. The number of carbonyl (C=O) groups is 2. The van der Waals surface area contributed by atoms with Gasteiger partial charge in [-0.05, 0) is 41.7 Å². The molecule has 4 nitrogen and oxygen atoms in total. The molecule has 3 aliphatic rings. The van der Waals surface area contributed by atoms with E-state index >= 15 is 0 Å². The summed E-state index contributed by atoms with van der Waals surface area (Å²) in [5.74, 6) is 0.580. The lowest BCUT2D eigenvalue weighted by Crippen LogP contribution is -2.44. The second kappa shape index (κ2) is 5.29. The fourth-order valence-electron chi connectivity index (χ4n) is 5.31. The van der Waals surface area contributed by atoms with Crippen molar-refractivity contribution in [3.05, 3.63) is 23.8 Å². The average molecular weight is 332 g/mol. The van der Waals surface area contributed by atoms with E-state index in [4.69, 9.17) is 4.74 Å². The molecule has 0 unspecified atom stereocenters. The van der Waals surface area contributed by atoms with Gasteiger partial charge >= 0.3 is 5.97 Å². The van der Waals surface area contributed by atoms with Crippen molar-refractivity contribution in [2.45, 2.75) is 59.0 Å². The summed E-state index contributed by atoms with van der Waals surface area (Å²) in [7, 11) is 0. The van der Waals surface area contributed by atoms with E-state index in [2.05, 4.69) is 27.4 Å². The maximum atomic E-state index is 12.8. The normalized spacial score (nSPS) is 41.6. The topological polar surface area (TPSA) is 63.6 Å². The van der Waals surface area contributed by atoms with E-state index in [0.29, 0.717) is 30.3 Å². The maximum Gasteiger partial charge on any atom is 0.307 e. The molecule has 24 heavy (non-hydrogen) atoms. The first kappa shape index (κ1) is 17.4. The fraction of sp³-hybridized carbons (Fsp3) is 0.700. The summed E-state index contributed by atoms with van der Waals surface area (Å²) in [6.45, 7) is 12.3. The van der Waals surface area contributed by atoms with Crippen LogP contribution in [0.1, 0.15) is 53.4 Å². The lowest BCUT2D eigenvalue weighted by atomic mass is 9.65. The van der Waals surface area contributed by atoms with Crippen molar-refractivity contribution in [3.63, 3.8) is 0 Å². The second-order valence-corrected chi connectivity index (χ2v) is 8.66. The Hall–Kier alpha value is -1.42. The smallest absolute Gasteiger partial charge is 0.307 e. The highest BCUT2D eigenvalue weighted by Crippen LogP contribution is 2.61. The van der Waals surface area contributed by atoms with Crippen LogP contribution in [-0.4, -0.2) is 29.1 Å².